The van der Waals surface area contributed by atoms with Crippen LogP contribution >= 0.6 is 0 Å². The number of para-hydroxylation sites is 1. The van der Waals surface area contributed by atoms with Crippen molar-refractivity contribution in [1.82, 2.24) is 0 Å². The van der Waals surface area contributed by atoms with E-state index in [2.05, 4.69) is 0 Å². The van der Waals surface area contributed by atoms with Crippen molar-refractivity contribution in [2.75, 3.05) is 7.11 Å². The topological polar surface area (TPSA) is 55.8 Å². The molecule has 3 aromatic rings. The second-order valence-electron chi connectivity index (χ2n) is 5.49. The minimum Gasteiger partial charge on any atom is -0.495 e. The molecule has 0 atom stereocenters. The molecule has 0 fully saturated rings. The number of carboxylic acids is 1. The van der Waals surface area contributed by atoms with Gasteiger partial charge < -0.3 is 14.6 Å². The predicted molar refractivity (Wildman–Crippen MR) is 96.2 cm³/mol. The zero-order valence-corrected chi connectivity index (χ0v) is 13.8. The van der Waals surface area contributed by atoms with Gasteiger partial charge in [0.2, 0.25) is 0 Å². The van der Waals surface area contributed by atoms with Gasteiger partial charge in [-0.15, -0.1) is 0 Å². The Morgan fingerprint density at radius 3 is 2.44 bits per heavy atom. The van der Waals surface area contributed by atoms with Gasteiger partial charge in [-0.3, -0.25) is 0 Å². The van der Waals surface area contributed by atoms with Gasteiger partial charge in [-0.05, 0) is 29.3 Å². The third-order valence-electron chi connectivity index (χ3n) is 3.84. The fraction of sp³-hybridized carbons (Fsp3) is 0.0952. The van der Waals surface area contributed by atoms with E-state index in [-0.39, 0.29) is 5.56 Å². The maximum Gasteiger partial charge on any atom is 0.339 e. The van der Waals surface area contributed by atoms with Crippen LogP contribution in [0.15, 0.2) is 72.8 Å². The van der Waals surface area contributed by atoms with Gasteiger partial charge in [-0.1, -0.05) is 54.6 Å². The molecule has 4 nitrogen and oxygen atoms in total. The van der Waals surface area contributed by atoms with Gasteiger partial charge >= 0.3 is 5.97 Å². The predicted octanol–water partition coefficient (Wildman–Crippen LogP) is 4.64. The van der Waals surface area contributed by atoms with Crippen molar-refractivity contribution >= 4 is 5.97 Å². The highest BCUT2D eigenvalue weighted by Gasteiger charge is 2.16. The van der Waals surface area contributed by atoms with Crippen molar-refractivity contribution in [2.45, 2.75) is 6.61 Å². The Morgan fingerprint density at radius 2 is 1.72 bits per heavy atom. The van der Waals surface area contributed by atoms with E-state index in [4.69, 9.17) is 9.47 Å². The van der Waals surface area contributed by atoms with Gasteiger partial charge in [0.1, 0.15) is 23.7 Å². The van der Waals surface area contributed by atoms with E-state index in [1.54, 1.807) is 6.07 Å². The molecule has 0 saturated carbocycles. The van der Waals surface area contributed by atoms with Crippen molar-refractivity contribution in [1.29, 1.82) is 0 Å². The molecule has 0 heterocycles. The minimum atomic E-state index is -1.02. The largest absolute Gasteiger partial charge is 0.495 e. The molecule has 0 aromatic heterocycles. The summed E-state index contributed by atoms with van der Waals surface area (Å²) in [6, 6.07) is 22.5. The van der Waals surface area contributed by atoms with Crippen LogP contribution in [0.4, 0.5) is 0 Å². The summed E-state index contributed by atoms with van der Waals surface area (Å²) >= 11 is 0. The molecule has 0 unspecified atom stereocenters. The van der Waals surface area contributed by atoms with Crippen molar-refractivity contribution in [3.8, 4) is 22.6 Å². The van der Waals surface area contributed by atoms with Crippen LogP contribution in [-0.2, 0) is 6.61 Å². The zero-order chi connectivity index (χ0) is 17.6. The van der Waals surface area contributed by atoms with E-state index >= 15 is 0 Å². The van der Waals surface area contributed by atoms with E-state index in [0.717, 1.165) is 11.1 Å². The molecular formula is C21H18O4. The van der Waals surface area contributed by atoms with Crippen LogP contribution in [0.5, 0.6) is 11.5 Å². The van der Waals surface area contributed by atoms with Crippen molar-refractivity contribution in [2.24, 2.45) is 0 Å². The fourth-order valence-corrected chi connectivity index (χ4v) is 2.65. The summed E-state index contributed by atoms with van der Waals surface area (Å²) in [6.45, 7) is 0.469. The molecule has 0 aliphatic carbocycles. The van der Waals surface area contributed by atoms with E-state index in [1.165, 1.54) is 13.2 Å². The first-order valence-corrected chi connectivity index (χ1v) is 7.86. The molecular weight excluding hydrogens is 316 g/mol. The maximum absolute atomic E-state index is 11.4. The summed E-state index contributed by atoms with van der Waals surface area (Å²) in [5.41, 5.74) is 2.77. The van der Waals surface area contributed by atoms with Crippen molar-refractivity contribution < 1.29 is 19.4 Å². The third kappa shape index (κ3) is 3.80. The summed E-state index contributed by atoms with van der Waals surface area (Å²) < 4.78 is 11.2. The van der Waals surface area contributed by atoms with Crippen LogP contribution in [0, 0.1) is 0 Å². The van der Waals surface area contributed by atoms with Crippen LogP contribution in [0.3, 0.4) is 0 Å². The Hall–Kier alpha value is -3.27. The number of rotatable bonds is 6. The highest BCUT2D eigenvalue weighted by atomic mass is 16.5. The monoisotopic (exact) mass is 334 g/mol. The lowest BCUT2D eigenvalue weighted by Crippen LogP contribution is -2.01. The van der Waals surface area contributed by atoms with E-state index < -0.39 is 5.97 Å². The molecule has 1 N–H and O–H groups in total. The van der Waals surface area contributed by atoms with Gasteiger partial charge in [0.05, 0.1) is 7.11 Å². The number of hydrogen-bond donors (Lipinski definition) is 1. The third-order valence-corrected chi connectivity index (χ3v) is 3.84. The number of ether oxygens (including phenoxy) is 2. The average molecular weight is 334 g/mol. The van der Waals surface area contributed by atoms with Crippen LogP contribution in [-0.4, -0.2) is 18.2 Å². The van der Waals surface area contributed by atoms with Crippen LogP contribution in [0.25, 0.3) is 11.1 Å². The number of benzene rings is 3. The quantitative estimate of drug-likeness (QED) is 0.713. The Bertz CT molecular complexity index is 872. The van der Waals surface area contributed by atoms with Gasteiger partial charge in [0.25, 0.3) is 0 Å². The normalized spacial score (nSPS) is 10.3. The minimum absolute atomic E-state index is 0.135. The highest BCUT2D eigenvalue weighted by Crippen LogP contribution is 2.34. The second kappa shape index (κ2) is 7.53. The van der Waals surface area contributed by atoms with Crippen LogP contribution in [0.2, 0.25) is 0 Å². The molecule has 25 heavy (non-hydrogen) atoms. The van der Waals surface area contributed by atoms with Crippen LogP contribution in [0.1, 0.15) is 15.9 Å². The SMILES string of the molecule is COc1c(C(=O)O)cccc1-c1cccc(OCc2ccccc2)c1. The second-order valence-corrected chi connectivity index (χ2v) is 5.49. The number of methoxy groups -OCH3 is 1. The molecule has 4 heteroatoms. The van der Waals surface area contributed by atoms with Gasteiger partial charge in [0, 0.05) is 5.56 Å². The first-order chi connectivity index (χ1) is 12.2. The number of hydrogen-bond acceptors (Lipinski definition) is 3. The Balaban J connectivity index is 1.89. The van der Waals surface area contributed by atoms with E-state index in [9.17, 15) is 9.90 Å². The smallest absolute Gasteiger partial charge is 0.339 e. The Labute approximate surface area is 146 Å². The number of aromatic carboxylic acids is 1. The molecule has 3 aromatic carbocycles. The van der Waals surface area contributed by atoms with Gasteiger partial charge in [-0.25, -0.2) is 4.79 Å². The fourth-order valence-electron chi connectivity index (χ4n) is 2.65. The van der Waals surface area contributed by atoms with E-state index in [1.807, 2.05) is 60.7 Å². The Kier molecular flexibility index (Phi) is 5.00. The first kappa shape index (κ1) is 16.6. The number of carboxylic acid groups (broad SMARTS) is 1. The summed E-state index contributed by atoms with van der Waals surface area (Å²) in [4.78, 5) is 11.4. The van der Waals surface area contributed by atoms with Gasteiger partial charge in [0.15, 0.2) is 0 Å². The summed E-state index contributed by atoms with van der Waals surface area (Å²) in [7, 11) is 1.47. The lowest BCUT2D eigenvalue weighted by atomic mass is 10.0. The average Bonchev–Trinajstić information content (AvgIpc) is 2.66. The molecule has 0 aliphatic rings. The first-order valence-electron chi connectivity index (χ1n) is 7.86. The van der Waals surface area contributed by atoms with Gasteiger partial charge in [-0.2, -0.15) is 0 Å². The summed E-state index contributed by atoms with van der Waals surface area (Å²) in [5, 5.41) is 9.33. The molecule has 0 spiro atoms. The van der Waals surface area contributed by atoms with Crippen LogP contribution < -0.4 is 9.47 Å². The zero-order valence-electron chi connectivity index (χ0n) is 13.8. The van der Waals surface area contributed by atoms with Crippen molar-refractivity contribution in [3.63, 3.8) is 0 Å². The molecule has 0 aliphatic heterocycles. The molecule has 0 bridgehead atoms. The standard InChI is InChI=1S/C21H18O4/c1-24-20-18(11-6-12-19(20)21(22)23)16-9-5-10-17(13-16)25-14-15-7-3-2-4-8-15/h2-13H,14H2,1H3,(H,22,23). The maximum atomic E-state index is 11.4. The Morgan fingerprint density at radius 1 is 0.960 bits per heavy atom. The summed E-state index contributed by atoms with van der Waals surface area (Å²) in [5.74, 6) is 0.0366. The molecule has 0 saturated heterocycles. The molecule has 3 rings (SSSR count). The molecule has 126 valence electrons. The summed E-state index contributed by atoms with van der Waals surface area (Å²) in [6.07, 6.45) is 0. The highest BCUT2D eigenvalue weighted by molar-refractivity contribution is 5.94. The van der Waals surface area contributed by atoms with Crippen molar-refractivity contribution in [3.05, 3.63) is 83.9 Å². The lowest BCUT2D eigenvalue weighted by molar-refractivity contribution is 0.0693. The van der Waals surface area contributed by atoms with E-state index in [0.29, 0.717) is 23.7 Å². The molecule has 0 radical (unpaired) electrons. The molecule has 0 amide bonds. The lowest BCUT2D eigenvalue weighted by Gasteiger charge is -2.13. The number of carbonyl (C=O) groups is 1.